The van der Waals surface area contributed by atoms with Crippen molar-refractivity contribution in [2.45, 2.75) is 65.6 Å². The first kappa shape index (κ1) is 31.4. The third-order valence-corrected chi connectivity index (χ3v) is 9.69. The second-order valence-corrected chi connectivity index (χ2v) is 14.7. The maximum Gasteiger partial charge on any atom is 0.410 e. The van der Waals surface area contributed by atoms with Crippen LogP contribution in [0.1, 0.15) is 61.8 Å². The Morgan fingerprint density at radius 2 is 1.79 bits per heavy atom. The van der Waals surface area contributed by atoms with Crippen LogP contribution in [0.5, 0.6) is 0 Å². The Hall–Kier alpha value is -3.06. The van der Waals surface area contributed by atoms with Gasteiger partial charge in [0, 0.05) is 67.7 Å². The van der Waals surface area contributed by atoms with Gasteiger partial charge in [-0.25, -0.2) is 9.78 Å². The van der Waals surface area contributed by atoms with Gasteiger partial charge in [-0.1, -0.05) is 13.8 Å². The van der Waals surface area contributed by atoms with E-state index in [4.69, 9.17) is 9.72 Å². The summed E-state index contributed by atoms with van der Waals surface area (Å²) >= 11 is 3.06. The molecule has 1 fully saturated rings. The summed E-state index contributed by atoms with van der Waals surface area (Å²) in [4.78, 5) is 51.0. The number of fused-ring (bicyclic) bond motifs is 2. The van der Waals surface area contributed by atoms with E-state index in [2.05, 4.69) is 36.4 Å². The molecule has 2 aliphatic rings. The largest absolute Gasteiger partial charge is 0.444 e. The molecule has 5 rings (SSSR count). The number of anilines is 1. The van der Waals surface area contributed by atoms with E-state index in [1.807, 2.05) is 43.9 Å². The number of ether oxygens (including phenoxy) is 1. The molecule has 4 heterocycles. The molecule has 2 N–H and O–H groups in total. The Morgan fingerprint density at radius 3 is 2.49 bits per heavy atom. The standard InChI is InChI=1S/C31H42N6O4S2/c1-19(2)32-11-9-25(38)34-28-26(21-10-12-37(18-24(21)43-28)30(40)41-31(3,4)5)27-33-22-17-20(7-8-23(22)42-27)29(39)36-15-13-35(6)14-16-36/h7-8,17,19,32H,9-16,18H2,1-6H3,(H,34,38). The quantitative estimate of drug-likeness (QED) is 0.379. The number of thiazole rings is 1. The van der Waals surface area contributed by atoms with Crippen LogP contribution in [0.3, 0.4) is 0 Å². The van der Waals surface area contributed by atoms with Crippen molar-refractivity contribution in [3.8, 4) is 10.6 Å². The molecule has 0 spiro atoms. The van der Waals surface area contributed by atoms with E-state index in [1.165, 1.54) is 11.3 Å². The zero-order chi connectivity index (χ0) is 30.9. The first-order chi connectivity index (χ1) is 20.4. The Morgan fingerprint density at radius 1 is 1.05 bits per heavy atom. The average molecular weight is 627 g/mol. The lowest BCUT2D eigenvalue weighted by molar-refractivity contribution is -0.116. The maximum absolute atomic E-state index is 13.2. The molecule has 1 saturated heterocycles. The fourth-order valence-corrected chi connectivity index (χ4v) is 7.59. The lowest BCUT2D eigenvalue weighted by Gasteiger charge is -2.32. The van der Waals surface area contributed by atoms with Crippen LogP contribution in [-0.2, 0) is 22.5 Å². The molecule has 10 nitrogen and oxygen atoms in total. The third-order valence-electron chi connectivity index (χ3n) is 7.51. The SMILES string of the molecule is CC(C)NCCC(=O)Nc1sc2c(c1-c1nc3cc(C(=O)N4CCN(C)CC4)ccc3s1)CCN(C(=O)OC(C)(C)C)C2. The first-order valence-corrected chi connectivity index (χ1v) is 16.6. The summed E-state index contributed by atoms with van der Waals surface area (Å²) in [6.07, 6.45) is 0.645. The van der Waals surface area contributed by atoms with Crippen molar-refractivity contribution in [1.29, 1.82) is 0 Å². The number of aromatic nitrogens is 1. The second kappa shape index (κ2) is 12.9. The summed E-state index contributed by atoms with van der Waals surface area (Å²) in [5.74, 6) is -0.0409. The highest BCUT2D eigenvalue weighted by molar-refractivity contribution is 7.23. The Balaban J connectivity index is 1.44. The van der Waals surface area contributed by atoms with E-state index in [0.717, 1.165) is 49.3 Å². The van der Waals surface area contributed by atoms with Crippen LogP contribution < -0.4 is 10.6 Å². The normalized spacial score (nSPS) is 16.1. The lowest BCUT2D eigenvalue weighted by Crippen LogP contribution is -2.47. The van der Waals surface area contributed by atoms with E-state index in [0.29, 0.717) is 57.2 Å². The molecule has 0 unspecified atom stereocenters. The topological polar surface area (TPSA) is 107 Å². The van der Waals surface area contributed by atoms with Crippen molar-refractivity contribution in [3.05, 3.63) is 34.2 Å². The number of thiophene rings is 1. The van der Waals surface area contributed by atoms with Crippen molar-refractivity contribution in [2.75, 3.05) is 51.6 Å². The zero-order valence-electron chi connectivity index (χ0n) is 25.9. The summed E-state index contributed by atoms with van der Waals surface area (Å²) in [7, 11) is 2.07. The summed E-state index contributed by atoms with van der Waals surface area (Å²) in [6.45, 7) is 14.4. The Bertz CT molecular complexity index is 1500. The van der Waals surface area contributed by atoms with Crippen molar-refractivity contribution in [1.82, 2.24) is 25.0 Å². The van der Waals surface area contributed by atoms with Crippen LogP contribution in [0, 0.1) is 0 Å². The highest BCUT2D eigenvalue weighted by Crippen LogP contribution is 2.46. The van der Waals surface area contributed by atoms with Gasteiger partial charge >= 0.3 is 6.09 Å². The lowest BCUT2D eigenvalue weighted by atomic mass is 10.0. The van der Waals surface area contributed by atoms with Gasteiger partial charge in [-0.05, 0) is 58.0 Å². The predicted molar refractivity (Wildman–Crippen MR) is 173 cm³/mol. The van der Waals surface area contributed by atoms with E-state index in [9.17, 15) is 14.4 Å². The number of nitrogens with one attached hydrogen (secondary N) is 2. The van der Waals surface area contributed by atoms with Gasteiger partial charge in [0.05, 0.1) is 16.8 Å². The molecular weight excluding hydrogens is 585 g/mol. The number of carbonyl (C=O) groups is 3. The molecule has 2 aliphatic heterocycles. The molecule has 0 radical (unpaired) electrons. The van der Waals surface area contributed by atoms with E-state index >= 15 is 0 Å². The number of rotatable bonds is 7. The van der Waals surface area contributed by atoms with E-state index < -0.39 is 5.60 Å². The Labute approximate surface area is 261 Å². The van der Waals surface area contributed by atoms with Crippen LogP contribution in [0.15, 0.2) is 18.2 Å². The molecule has 3 aromatic rings. The molecule has 2 aromatic heterocycles. The van der Waals surface area contributed by atoms with Crippen molar-refractivity contribution < 1.29 is 19.1 Å². The molecule has 232 valence electrons. The number of carbonyl (C=O) groups excluding carboxylic acids is 3. The van der Waals surface area contributed by atoms with E-state index in [-0.39, 0.29) is 17.9 Å². The molecule has 0 bridgehead atoms. The molecule has 1 aromatic carbocycles. The highest BCUT2D eigenvalue weighted by Gasteiger charge is 2.31. The maximum atomic E-state index is 13.2. The van der Waals surface area contributed by atoms with Gasteiger partial charge < -0.3 is 30.1 Å². The number of nitrogens with zero attached hydrogens (tertiary/aromatic N) is 4. The summed E-state index contributed by atoms with van der Waals surface area (Å²) in [5.41, 5.74) is 2.85. The van der Waals surface area contributed by atoms with Crippen LogP contribution in [-0.4, -0.2) is 95.6 Å². The van der Waals surface area contributed by atoms with Gasteiger partial charge in [0.2, 0.25) is 5.91 Å². The minimum atomic E-state index is -0.577. The molecule has 0 aliphatic carbocycles. The fraction of sp³-hybridized carbons (Fsp3) is 0.548. The molecule has 43 heavy (non-hydrogen) atoms. The summed E-state index contributed by atoms with van der Waals surface area (Å²) in [6, 6.07) is 6.04. The monoisotopic (exact) mass is 626 g/mol. The number of piperazine rings is 1. The highest BCUT2D eigenvalue weighted by atomic mass is 32.1. The number of hydrogen-bond acceptors (Lipinski definition) is 9. The van der Waals surface area contributed by atoms with Crippen LogP contribution in [0.25, 0.3) is 20.8 Å². The van der Waals surface area contributed by atoms with Crippen LogP contribution in [0.2, 0.25) is 0 Å². The minimum Gasteiger partial charge on any atom is -0.444 e. The van der Waals surface area contributed by atoms with Crippen molar-refractivity contribution >= 4 is 55.8 Å². The van der Waals surface area contributed by atoms with Gasteiger partial charge in [0.15, 0.2) is 0 Å². The zero-order valence-corrected chi connectivity index (χ0v) is 27.5. The van der Waals surface area contributed by atoms with Gasteiger partial charge in [-0.15, -0.1) is 22.7 Å². The summed E-state index contributed by atoms with van der Waals surface area (Å²) < 4.78 is 6.61. The third kappa shape index (κ3) is 7.54. The smallest absolute Gasteiger partial charge is 0.410 e. The Kier molecular flexibility index (Phi) is 9.40. The molecule has 0 atom stereocenters. The van der Waals surface area contributed by atoms with Crippen LogP contribution in [0.4, 0.5) is 9.80 Å². The van der Waals surface area contributed by atoms with Crippen molar-refractivity contribution in [2.24, 2.45) is 0 Å². The van der Waals surface area contributed by atoms with Crippen LogP contribution >= 0.6 is 22.7 Å². The van der Waals surface area contributed by atoms with Gasteiger partial charge in [0.25, 0.3) is 5.91 Å². The number of hydrogen-bond donors (Lipinski definition) is 2. The van der Waals surface area contributed by atoms with Crippen molar-refractivity contribution in [3.63, 3.8) is 0 Å². The molecule has 3 amide bonds. The molecular formula is C31H42N6O4S2. The number of likely N-dealkylation sites (N-methyl/N-ethyl adjacent to an activating group) is 1. The number of benzene rings is 1. The predicted octanol–water partition coefficient (Wildman–Crippen LogP) is 5.03. The first-order valence-electron chi connectivity index (χ1n) is 14.9. The van der Waals surface area contributed by atoms with Gasteiger partial charge in [0.1, 0.15) is 15.6 Å². The fourth-order valence-electron chi connectivity index (χ4n) is 5.22. The minimum absolute atomic E-state index is 0.0302. The van der Waals surface area contributed by atoms with E-state index in [1.54, 1.807) is 16.2 Å². The average Bonchev–Trinajstić information content (AvgIpc) is 3.51. The molecule has 0 saturated carbocycles. The summed E-state index contributed by atoms with van der Waals surface area (Å²) in [5, 5.41) is 7.99. The van der Waals surface area contributed by atoms with Gasteiger partial charge in [-0.3, -0.25) is 9.59 Å². The second-order valence-electron chi connectivity index (χ2n) is 12.6. The van der Waals surface area contributed by atoms with Gasteiger partial charge in [-0.2, -0.15) is 0 Å². The number of amides is 3. The molecule has 12 heteroatoms.